The van der Waals surface area contributed by atoms with Crippen molar-refractivity contribution in [2.45, 2.75) is 44.6 Å². The number of carbonyl (C=O) groups excluding carboxylic acids is 1. The molecule has 0 spiro atoms. The normalized spacial score (nSPS) is 11.9. The predicted octanol–water partition coefficient (Wildman–Crippen LogP) is 3.74. The topological polar surface area (TPSA) is 66.5 Å². The number of sulfonamides is 1. The molecule has 0 saturated carbocycles. The van der Waals surface area contributed by atoms with Crippen LogP contribution in [0, 0.1) is 6.92 Å². The summed E-state index contributed by atoms with van der Waals surface area (Å²) in [6, 6.07) is 13.4. The number of anilines is 1. The maximum Gasteiger partial charge on any atom is 0.264 e. The van der Waals surface area contributed by atoms with Gasteiger partial charge in [-0.3, -0.25) is 9.10 Å². The van der Waals surface area contributed by atoms with Gasteiger partial charge in [0.15, 0.2) is 0 Å². The fourth-order valence-corrected chi connectivity index (χ4v) is 3.62. The van der Waals surface area contributed by atoms with E-state index >= 15 is 0 Å². The summed E-state index contributed by atoms with van der Waals surface area (Å²) in [6.45, 7) is 7.75. The molecule has 0 aliphatic heterocycles. The van der Waals surface area contributed by atoms with Crippen LogP contribution < -0.4 is 9.62 Å². The Hall–Kier alpha value is -2.34. The van der Waals surface area contributed by atoms with Crippen LogP contribution in [0.25, 0.3) is 0 Å². The third-order valence-corrected chi connectivity index (χ3v) is 6.24. The van der Waals surface area contributed by atoms with Crippen molar-refractivity contribution < 1.29 is 13.2 Å². The summed E-state index contributed by atoms with van der Waals surface area (Å²) < 4.78 is 27.1. The summed E-state index contributed by atoms with van der Waals surface area (Å²) in [5, 5.41) is 2.92. The molecule has 26 heavy (non-hydrogen) atoms. The molecular weight excluding hydrogens is 348 g/mol. The molecule has 0 saturated heterocycles. The molecule has 0 aromatic heterocycles. The Balaban J connectivity index is 2.35. The first kappa shape index (κ1) is 20.0. The number of nitrogens with zero attached hydrogens (tertiary/aromatic N) is 1. The molecule has 2 rings (SSSR count). The number of carbonyl (C=O) groups is 1. The van der Waals surface area contributed by atoms with Crippen molar-refractivity contribution in [2.75, 3.05) is 11.4 Å². The van der Waals surface area contributed by atoms with Crippen LogP contribution in [0.4, 0.5) is 5.69 Å². The second-order valence-corrected chi connectivity index (χ2v) is 9.00. The Morgan fingerprint density at radius 2 is 1.77 bits per heavy atom. The van der Waals surface area contributed by atoms with Crippen LogP contribution in [-0.4, -0.2) is 26.9 Å². The molecule has 1 amide bonds. The highest BCUT2D eigenvalue weighted by atomic mass is 32.2. The summed E-state index contributed by atoms with van der Waals surface area (Å²) in [5.74, 6) is -0.285. The summed E-state index contributed by atoms with van der Waals surface area (Å²) in [7, 11) is -2.25. The van der Waals surface area contributed by atoms with E-state index in [2.05, 4.69) is 5.32 Å². The highest BCUT2D eigenvalue weighted by molar-refractivity contribution is 7.92. The highest BCUT2D eigenvalue weighted by Crippen LogP contribution is 2.23. The average Bonchev–Trinajstić information content (AvgIpc) is 2.60. The van der Waals surface area contributed by atoms with Crippen molar-refractivity contribution in [1.82, 2.24) is 5.32 Å². The molecule has 0 heterocycles. The maximum absolute atomic E-state index is 13.0. The Morgan fingerprint density at radius 1 is 1.12 bits per heavy atom. The van der Waals surface area contributed by atoms with Crippen molar-refractivity contribution in [3.63, 3.8) is 0 Å². The van der Waals surface area contributed by atoms with Crippen molar-refractivity contribution in [3.8, 4) is 0 Å². The molecule has 6 heteroatoms. The zero-order chi connectivity index (χ0) is 19.5. The van der Waals surface area contributed by atoms with E-state index < -0.39 is 10.0 Å². The van der Waals surface area contributed by atoms with E-state index in [0.29, 0.717) is 11.3 Å². The summed E-state index contributed by atoms with van der Waals surface area (Å²) in [5.41, 5.74) is 1.52. The molecule has 0 atom stereocenters. The van der Waals surface area contributed by atoms with Gasteiger partial charge in [-0.15, -0.1) is 0 Å². The SMILES string of the molecule is CCC(C)(C)NC(=O)c1cccc(S(=O)(=O)N(C)c2cccc(C)c2)c1. The molecule has 0 aliphatic carbocycles. The molecule has 0 fully saturated rings. The molecule has 0 radical (unpaired) electrons. The molecule has 1 N–H and O–H groups in total. The first-order valence-electron chi connectivity index (χ1n) is 8.55. The number of aryl methyl sites for hydroxylation is 1. The smallest absolute Gasteiger partial charge is 0.264 e. The first-order valence-corrected chi connectivity index (χ1v) is 9.99. The van der Waals surface area contributed by atoms with Gasteiger partial charge in [0.05, 0.1) is 10.6 Å². The van der Waals surface area contributed by atoms with E-state index in [0.717, 1.165) is 12.0 Å². The molecule has 0 unspecified atom stereocenters. The number of hydrogen-bond acceptors (Lipinski definition) is 3. The van der Waals surface area contributed by atoms with E-state index in [1.54, 1.807) is 24.3 Å². The number of amides is 1. The summed E-state index contributed by atoms with van der Waals surface area (Å²) in [6.07, 6.45) is 0.771. The lowest BCUT2D eigenvalue weighted by atomic mass is 10.0. The first-order chi connectivity index (χ1) is 12.1. The van der Waals surface area contributed by atoms with Gasteiger partial charge in [-0.2, -0.15) is 0 Å². The molecule has 0 aliphatic rings. The maximum atomic E-state index is 13.0. The molecule has 5 nitrogen and oxygen atoms in total. The molecule has 140 valence electrons. The van der Waals surface area contributed by atoms with Crippen molar-refractivity contribution in [1.29, 1.82) is 0 Å². The third kappa shape index (κ3) is 4.43. The van der Waals surface area contributed by atoms with Crippen LogP contribution in [0.3, 0.4) is 0 Å². The number of nitrogens with one attached hydrogen (secondary N) is 1. The van der Waals surface area contributed by atoms with Gasteiger partial charge < -0.3 is 5.32 Å². The second-order valence-electron chi connectivity index (χ2n) is 7.03. The molecule has 2 aromatic rings. The minimum Gasteiger partial charge on any atom is -0.347 e. The van der Waals surface area contributed by atoms with E-state index in [1.165, 1.54) is 23.5 Å². The lowest BCUT2D eigenvalue weighted by Crippen LogP contribution is -2.42. The van der Waals surface area contributed by atoms with Crippen LogP contribution in [0.5, 0.6) is 0 Å². The standard InChI is InChI=1S/C20H26N2O3S/c1-6-20(3,4)21-19(23)16-10-8-12-18(14-16)26(24,25)22(5)17-11-7-9-15(2)13-17/h7-14H,6H2,1-5H3,(H,21,23). The molecule has 2 aromatic carbocycles. The Kier molecular flexibility index (Phi) is 5.76. The largest absolute Gasteiger partial charge is 0.347 e. The Morgan fingerprint density at radius 3 is 2.38 bits per heavy atom. The lowest BCUT2D eigenvalue weighted by Gasteiger charge is -2.25. The van der Waals surface area contributed by atoms with Gasteiger partial charge in [-0.25, -0.2) is 8.42 Å². The van der Waals surface area contributed by atoms with Gasteiger partial charge >= 0.3 is 0 Å². The monoisotopic (exact) mass is 374 g/mol. The summed E-state index contributed by atoms with van der Waals surface area (Å²) >= 11 is 0. The number of rotatable bonds is 6. The Labute approximate surface area is 156 Å². The predicted molar refractivity (Wildman–Crippen MR) is 105 cm³/mol. The summed E-state index contributed by atoms with van der Waals surface area (Å²) in [4.78, 5) is 12.5. The number of hydrogen-bond donors (Lipinski definition) is 1. The van der Waals surface area contributed by atoms with Gasteiger partial charge in [0, 0.05) is 18.2 Å². The zero-order valence-corrected chi connectivity index (χ0v) is 16.7. The number of benzene rings is 2. The van der Waals surface area contributed by atoms with Gasteiger partial charge in [-0.05, 0) is 63.1 Å². The van der Waals surface area contributed by atoms with E-state index in [-0.39, 0.29) is 16.3 Å². The van der Waals surface area contributed by atoms with Gasteiger partial charge in [-0.1, -0.05) is 25.1 Å². The van der Waals surface area contributed by atoms with E-state index in [9.17, 15) is 13.2 Å². The lowest BCUT2D eigenvalue weighted by molar-refractivity contribution is 0.0911. The van der Waals surface area contributed by atoms with Crippen molar-refractivity contribution in [2.24, 2.45) is 0 Å². The minimum absolute atomic E-state index is 0.0865. The fourth-order valence-electron chi connectivity index (χ4n) is 2.39. The van der Waals surface area contributed by atoms with Crippen LogP contribution >= 0.6 is 0 Å². The van der Waals surface area contributed by atoms with Crippen molar-refractivity contribution >= 4 is 21.6 Å². The average molecular weight is 375 g/mol. The molecular formula is C20H26N2O3S. The second kappa shape index (κ2) is 7.50. The third-order valence-electron chi connectivity index (χ3n) is 4.46. The Bertz CT molecular complexity index is 905. The zero-order valence-electron chi connectivity index (χ0n) is 15.9. The highest BCUT2D eigenvalue weighted by Gasteiger charge is 2.24. The van der Waals surface area contributed by atoms with E-state index in [1.807, 2.05) is 39.8 Å². The van der Waals surface area contributed by atoms with Gasteiger partial charge in [0.1, 0.15) is 0 Å². The van der Waals surface area contributed by atoms with E-state index in [4.69, 9.17) is 0 Å². The molecule has 0 bridgehead atoms. The van der Waals surface area contributed by atoms with Crippen LogP contribution in [0.2, 0.25) is 0 Å². The van der Waals surface area contributed by atoms with Gasteiger partial charge in [0.25, 0.3) is 15.9 Å². The van der Waals surface area contributed by atoms with Crippen LogP contribution in [-0.2, 0) is 10.0 Å². The van der Waals surface area contributed by atoms with Crippen LogP contribution in [0.1, 0.15) is 43.1 Å². The van der Waals surface area contributed by atoms with Crippen LogP contribution in [0.15, 0.2) is 53.4 Å². The van der Waals surface area contributed by atoms with Gasteiger partial charge in [0.2, 0.25) is 0 Å². The minimum atomic E-state index is -3.76. The van der Waals surface area contributed by atoms with Crippen molar-refractivity contribution in [3.05, 3.63) is 59.7 Å². The fraction of sp³-hybridized carbons (Fsp3) is 0.350. The quantitative estimate of drug-likeness (QED) is 0.838.